The second kappa shape index (κ2) is 6.93. The summed E-state index contributed by atoms with van der Waals surface area (Å²) in [5, 5.41) is 2.14. The number of alkyl halides is 3. The molecule has 0 aromatic heterocycles. The minimum absolute atomic E-state index is 0.179. The Labute approximate surface area is 152 Å². The number of nitrogens with zero attached hydrogens (tertiary/aromatic N) is 2. The van der Waals surface area contributed by atoms with Gasteiger partial charge in [-0.2, -0.15) is 13.2 Å². The molecule has 0 spiro atoms. The fraction of sp³-hybridized carbons (Fsp3) is 0.571. The summed E-state index contributed by atoms with van der Waals surface area (Å²) in [6.07, 6.45) is -2.91. The van der Waals surface area contributed by atoms with Crippen molar-refractivity contribution in [3.05, 3.63) is 23.4 Å². The lowest BCUT2D eigenvalue weighted by molar-refractivity contribution is -0.147. The Kier molecular flexibility index (Phi) is 5.10. The molecule has 13 heteroatoms. The summed E-state index contributed by atoms with van der Waals surface area (Å²) in [7, 11) is -3.87. The molecule has 2 amide bonds. The van der Waals surface area contributed by atoms with Gasteiger partial charge in [0.1, 0.15) is 0 Å². The van der Waals surface area contributed by atoms with E-state index in [-0.39, 0.29) is 32.0 Å². The molecule has 2 heterocycles. The van der Waals surface area contributed by atoms with Gasteiger partial charge in [0.15, 0.2) is 0 Å². The molecule has 3 unspecified atom stereocenters. The van der Waals surface area contributed by atoms with Crippen molar-refractivity contribution in [1.82, 2.24) is 14.9 Å². The van der Waals surface area contributed by atoms with Crippen LogP contribution >= 0.6 is 7.75 Å². The average Bonchev–Trinajstić information content (AvgIpc) is 2.61. The van der Waals surface area contributed by atoms with Gasteiger partial charge < -0.3 is 19.8 Å². The lowest BCUT2D eigenvalue weighted by atomic mass is 9.92. The van der Waals surface area contributed by atoms with Gasteiger partial charge in [0.2, 0.25) is 0 Å². The Morgan fingerprint density at radius 3 is 2.48 bits per heavy atom. The van der Waals surface area contributed by atoms with Crippen molar-refractivity contribution in [2.45, 2.75) is 18.3 Å². The van der Waals surface area contributed by atoms with Crippen LogP contribution in [0.3, 0.4) is 0 Å². The minimum atomic E-state index is -4.73. The van der Waals surface area contributed by atoms with Gasteiger partial charge in [-0.25, -0.2) is 9.24 Å². The van der Waals surface area contributed by atoms with Crippen LogP contribution in [0.5, 0.6) is 0 Å². The number of ether oxygens (including phenoxy) is 1. The summed E-state index contributed by atoms with van der Waals surface area (Å²) in [5.41, 5.74) is -1.23. The molecule has 2 fully saturated rings. The number of fused-ring (bicyclic) bond motifs is 1. The van der Waals surface area contributed by atoms with Crippen LogP contribution < -0.4 is 5.32 Å². The van der Waals surface area contributed by atoms with Crippen molar-refractivity contribution in [3.63, 3.8) is 0 Å². The lowest BCUT2D eigenvalue weighted by Gasteiger charge is -2.43. The summed E-state index contributed by atoms with van der Waals surface area (Å²) < 4.78 is 62.9. The first-order chi connectivity index (χ1) is 12.6. The van der Waals surface area contributed by atoms with Crippen molar-refractivity contribution < 1.29 is 41.5 Å². The predicted molar refractivity (Wildman–Crippen MR) is 84.0 cm³/mol. The number of carbonyl (C=O) groups excluding carboxylic acids is 2. The molecule has 2 saturated heterocycles. The number of hydrogen-bond donors (Lipinski definition) is 2. The topological polar surface area (TPSA) is 108 Å². The molecule has 150 valence electrons. The molecule has 3 aliphatic rings. The number of allylic oxidation sites excluding steroid dienone is 1. The van der Waals surface area contributed by atoms with Gasteiger partial charge in [-0.15, -0.1) is 0 Å². The molecular weight excluding hydrogens is 394 g/mol. The van der Waals surface area contributed by atoms with Crippen LogP contribution in [-0.4, -0.2) is 78.0 Å². The van der Waals surface area contributed by atoms with E-state index in [4.69, 9.17) is 4.74 Å². The molecule has 0 saturated carbocycles. The molecule has 0 aromatic carbocycles. The largest absolute Gasteiger partial charge is 0.435 e. The van der Waals surface area contributed by atoms with E-state index < -0.39 is 43.4 Å². The molecule has 1 aliphatic carbocycles. The third kappa shape index (κ3) is 3.62. The van der Waals surface area contributed by atoms with Crippen molar-refractivity contribution >= 4 is 19.6 Å². The van der Waals surface area contributed by atoms with Crippen LogP contribution in [0.25, 0.3) is 0 Å². The Morgan fingerprint density at radius 2 is 1.93 bits per heavy atom. The highest BCUT2D eigenvalue weighted by molar-refractivity contribution is 7.51. The van der Waals surface area contributed by atoms with E-state index in [9.17, 15) is 32.2 Å². The van der Waals surface area contributed by atoms with Crippen LogP contribution in [0.1, 0.15) is 0 Å². The van der Waals surface area contributed by atoms with Crippen LogP contribution in [0, 0.1) is 0 Å². The maximum atomic E-state index is 13.6. The molecule has 2 aliphatic heterocycles. The van der Waals surface area contributed by atoms with Gasteiger partial charge >= 0.3 is 25.7 Å². The van der Waals surface area contributed by atoms with Crippen LogP contribution in [0.15, 0.2) is 23.4 Å². The fourth-order valence-electron chi connectivity index (χ4n) is 3.21. The van der Waals surface area contributed by atoms with Gasteiger partial charge in [0.05, 0.1) is 30.9 Å². The average molecular weight is 411 g/mol. The van der Waals surface area contributed by atoms with Gasteiger partial charge in [-0.3, -0.25) is 14.1 Å². The Hall–Kier alpha value is -1.88. The zero-order chi connectivity index (χ0) is 20.0. The number of halogens is 3. The molecule has 27 heavy (non-hydrogen) atoms. The normalized spacial score (nSPS) is 28.8. The van der Waals surface area contributed by atoms with Gasteiger partial charge in [0, 0.05) is 25.9 Å². The minimum Gasteiger partial charge on any atom is -0.378 e. The predicted octanol–water partition coefficient (Wildman–Crippen LogP) is 0.147. The number of hydrogen-bond acceptors (Lipinski definition) is 6. The molecule has 3 rings (SSSR count). The smallest absolute Gasteiger partial charge is 0.378 e. The summed E-state index contributed by atoms with van der Waals surface area (Å²) in [4.78, 5) is 35.3. The monoisotopic (exact) mass is 411 g/mol. The SMILES string of the molecule is COP(=O)(O)N1C(=O)C(=O)NC2C=C(C(F)(F)F)C(N3CCOCC3)=CC21. The van der Waals surface area contributed by atoms with Crippen molar-refractivity contribution in [1.29, 1.82) is 0 Å². The quantitative estimate of drug-likeness (QED) is 0.503. The summed E-state index contributed by atoms with van der Waals surface area (Å²) in [6.45, 7) is 0.787. The Balaban J connectivity index is 2.09. The van der Waals surface area contributed by atoms with E-state index in [1.165, 1.54) is 4.90 Å². The van der Waals surface area contributed by atoms with E-state index in [0.717, 1.165) is 19.3 Å². The van der Waals surface area contributed by atoms with E-state index in [0.29, 0.717) is 4.67 Å². The summed E-state index contributed by atoms with van der Waals surface area (Å²) >= 11 is 0. The molecule has 0 aromatic rings. The second-order valence-corrected chi connectivity index (χ2v) is 7.82. The molecule has 0 radical (unpaired) electrons. The van der Waals surface area contributed by atoms with Crippen LogP contribution in [0.4, 0.5) is 13.2 Å². The van der Waals surface area contributed by atoms with E-state index in [2.05, 4.69) is 9.84 Å². The molecule has 3 atom stereocenters. The van der Waals surface area contributed by atoms with Crippen molar-refractivity contribution in [2.24, 2.45) is 0 Å². The van der Waals surface area contributed by atoms with Gasteiger partial charge in [-0.05, 0) is 12.2 Å². The summed E-state index contributed by atoms with van der Waals surface area (Å²) in [5.74, 6) is -2.64. The molecule has 9 nitrogen and oxygen atoms in total. The molecule has 0 bridgehead atoms. The van der Waals surface area contributed by atoms with Gasteiger partial charge in [-0.1, -0.05) is 0 Å². The number of piperazine rings is 1. The van der Waals surface area contributed by atoms with Crippen LogP contribution in [-0.2, 0) is 23.4 Å². The highest BCUT2D eigenvalue weighted by Gasteiger charge is 2.52. The van der Waals surface area contributed by atoms with Crippen LogP contribution in [0.2, 0.25) is 0 Å². The second-order valence-electron chi connectivity index (χ2n) is 6.04. The Morgan fingerprint density at radius 1 is 1.30 bits per heavy atom. The number of amides is 2. The van der Waals surface area contributed by atoms with Crippen molar-refractivity contribution in [2.75, 3.05) is 33.4 Å². The van der Waals surface area contributed by atoms with Crippen molar-refractivity contribution in [3.8, 4) is 0 Å². The van der Waals surface area contributed by atoms with Gasteiger partial charge in [0.25, 0.3) is 0 Å². The highest BCUT2D eigenvalue weighted by atomic mass is 31.2. The van der Waals surface area contributed by atoms with E-state index in [1.54, 1.807) is 0 Å². The molecule has 2 N–H and O–H groups in total. The fourth-order valence-corrected chi connectivity index (χ4v) is 4.26. The number of nitrogens with one attached hydrogen (secondary N) is 1. The first-order valence-electron chi connectivity index (χ1n) is 7.93. The zero-order valence-corrected chi connectivity index (χ0v) is 15.0. The standard InChI is InChI=1S/C14H17F3N3O6P/c1-25-27(23,24)20-11-7-10(19-2-4-26-5-3-19)8(14(15,16)17)6-9(11)18-12(21)13(20)22/h6-7,9,11H,2-5H2,1H3,(H,18,21)(H,23,24). The summed E-state index contributed by atoms with van der Waals surface area (Å²) in [6, 6.07) is -2.64. The zero-order valence-electron chi connectivity index (χ0n) is 14.1. The molecular formula is C14H17F3N3O6P. The number of rotatable bonds is 3. The first-order valence-corrected chi connectivity index (χ1v) is 9.46. The Bertz CT molecular complexity index is 762. The first kappa shape index (κ1) is 19.9. The maximum Gasteiger partial charge on any atom is 0.435 e. The van der Waals surface area contributed by atoms with E-state index >= 15 is 0 Å². The number of morpholine rings is 1. The maximum absolute atomic E-state index is 13.6. The third-order valence-corrected chi connectivity index (χ3v) is 5.94. The highest BCUT2D eigenvalue weighted by Crippen LogP contribution is 2.50. The number of carbonyl (C=O) groups is 2. The lowest BCUT2D eigenvalue weighted by Crippen LogP contribution is -2.62. The third-order valence-electron chi connectivity index (χ3n) is 4.47. The van der Waals surface area contributed by atoms with E-state index in [1.807, 2.05) is 0 Å².